The molecule has 0 atom stereocenters. The van der Waals surface area contributed by atoms with Crippen LogP contribution in [0.15, 0.2) is 45.3 Å². The maximum atomic E-state index is 5.97. The second-order valence-corrected chi connectivity index (χ2v) is 4.71. The number of aromatic nitrogens is 1. The lowest BCUT2D eigenvalue weighted by Gasteiger charge is -2.04. The lowest BCUT2D eigenvalue weighted by Crippen LogP contribution is -1.90. The van der Waals surface area contributed by atoms with Crippen molar-refractivity contribution in [3.05, 3.63) is 47.7 Å². The molecule has 4 heteroatoms. The summed E-state index contributed by atoms with van der Waals surface area (Å²) in [6, 6.07) is 11.8. The van der Waals surface area contributed by atoms with Crippen LogP contribution in [0.1, 0.15) is 18.2 Å². The molecule has 0 aliphatic rings. The lowest BCUT2D eigenvalue weighted by molar-refractivity contribution is 0.416. The standard InChI is InChI=1S/C16H16N2O2/c1-3-11-8-9-13(19-11)15-14(16(17)18-20-15)12-7-5-4-6-10(12)2/h4-9H,3H2,1-2H3,(H2,17,18). The molecular formula is C16H16N2O2. The molecule has 0 aliphatic carbocycles. The highest BCUT2D eigenvalue weighted by molar-refractivity contribution is 5.86. The second kappa shape index (κ2) is 4.89. The summed E-state index contributed by atoms with van der Waals surface area (Å²) in [7, 11) is 0. The summed E-state index contributed by atoms with van der Waals surface area (Å²) >= 11 is 0. The Labute approximate surface area is 117 Å². The number of benzene rings is 1. The van der Waals surface area contributed by atoms with Gasteiger partial charge in [-0.05, 0) is 30.2 Å². The van der Waals surface area contributed by atoms with Gasteiger partial charge in [-0.2, -0.15) is 0 Å². The van der Waals surface area contributed by atoms with Gasteiger partial charge in [-0.25, -0.2) is 0 Å². The van der Waals surface area contributed by atoms with Crippen molar-refractivity contribution >= 4 is 5.82 Å². The van der Waals surface area contributed by atoms with Crippen LogP contribution >= 0.6 is 0 Å². The van der Waals surface area contributed by atoms with E-state index >= 15 is 0 Å². The maximum Gasteiger partial charge on any atom is 0.212 e. The number of rotatable bonds is 3. The molecule has 1 aromatic carbocycles. The van der Waals surface area contributed by atoms with E-state index in [2.05, 4.69) is 5.16 Å². The molecule has 3 aromatic rings. The fourth-order valence-electron chi connectivity index (χ4n) is 2.27. The van der Waals surface area contributed by atoms with Crippen LogP contribution in [0, 0.1) is 6.92 Å². The van der Waals surface area contributed by atoms with Gasteiger partial charge in [-0.3, -0.25) is 0 Å². The third-order valence-electron chi connectivity index (χ3n) is 3.37. The molecule has 3 rings (SSSR count). The summed E-state index contributed by atoms with van der Waals surface area (Å²) in [5.74, 6) is 2.52. The van der Waals surface area contributed by atoms with Gasteiger partial charge in [0.15, 0.2) is 11.6 Å². The molecule has 0 fully saturated rings. The predicted octanol–water partition coefficient (Wildman–Crippen LogP) is 4.05. The van der Waals surface area contributed by atoms with E-state index in [-0.39, 0.29) is 0 Å². The van der Waals surface area contributed by atoms with E-state index in [0.29, 0.717) is 17.3 Å². The molecular weight excluding hydrogens is 252 g/mol. The molecule has 102 valence electrons. The van der Waals surface area contributed by atoms with Crippen molar-refractivity contribution in [2.75, 3.05) is 5.73 Å². The number of furan rings is 1. The maximum absolute atomic E-state index is 5.97. The van der Waals surface area contributed by atoms with Crippen LogP contribution in [-0.2, 0) is 6.42 Å². The number of hydrogen-bond donors (Lipinski definition) is 1. The minimum absolute atomic E-state index is 0.378. The Bertz CT molecular complexity index is 741. The first-order chi connectivity index (χ1) is 9.70. The minimum atomic E-state index is 0.378. The number of nitrogens with two attached hydrogens (primary N) is 1. The minimum Gasteiger partial charge on any atom is -0.458 e. The zero-order valence-electron chi connectivity index (χ0n) is 11.5. The van der Waals surface area contributed by atoms with Crippen LogP contribution < -0.4 is 5.73 Å². The molecule has 2 aromatic heterocycles. The average Bonchev–Trinajstić information content (AvgIpc) is 3.06. The number of nitrogens with zero attached hydrogens (tertiary/aromatic N) is 1. The number of hydrogen-bond acceptors (Lipinski definition) is 4. The average molecular weight is 268 g/mol. The number of nitrogen functional groups attached to an aromatic ring is 1. The van der Waals surface area contributed by atoms with Crippen LogP contribution in [0.3, 0.4) is 0 Å². The Morgan fingerprint density at radius 1 is 1.15 bits per heavy atom. The SMILES string of the molecule is CCc1ccc(-c2onc(N)c2-c2ccccc2C)o1. The van der Waals surface area contributed by atoms with E-state index < -0.39 is 0 Å². The van der Waals surface area contributed by atoms with Crippen molar-refractivity contribution in [3.63, 3.8) is 0 Å². The van der Waals surface area contributed by atoms with Crippen LogP contribution in [0.2, 0.25) is 0 Å². The summed E-state index contributed by atoms with van der Waals surface area (Å²) in [5.41, 5.74) is 8.89. The van der Waals surface area contributed by atoms with Crippen molar-refractivity contribution < 1.29 is 8.94 Å². The van der Waals surface area contributed by atoms with Crippen molar-refractivity contribution in [3.8, 4) is 22.6 Å². The number of aryl methyl sites for hydroxylation is 2. The fraction of sp³-hybridized carbons (Fsp3) is 0.188. The van der Waals surface area contributed by atoms with Gasteiger partial charge in [0.2, 0.25) is 5.76 Å². The van der Waals surface area contributed by atoms with E-state index in [0.717, 1.165) is 28.9 Å². The third-order valence-corrected chi connectivity index (χ3v) is 3.37. The molecule has 4 nitrogen and oxygen atoms in total. The van der Waals surface area contributed by atoms with E-state index in [4.69, 9.17) is 14.7 Å². The predicted molar refractivity (Wildman–Crippen MR) is 78.2 cm³/mol. The van der Waals surface area contributed by atoms with E-state index in [9.17, 15) is 0 Å². The summed E-state index contributed by atoms with van der Waals surface area (Å²) in [6.45, 7) is 4.07. The highest BCUT2D eigenvalue weighted by Gasteiger charge is 2.21. The summed E-state index contributed by atoms with van der Waals surface area (Å²) in [4.78, 5) is 0. The van der Waals surface area contributed by atoms with Crippen molar-refractivity contribution in [1.29, 1.82) is 0 Å². The Hall–Kier alpha value is -2.49. The van der Waals surface area contributed by atoms with Gasteiger partial charge in [0, 0.05) is 6.42 Å². The van der Waals surface area contributed by atoms with E-state index in [1.165, 1.54) is 0 Å². The molecule has 0 saturated carbocycles. The molecule has 0 saturated heterocycles. The molecule has 2 N–H and O–H groups in total. The summed E-state index contributed by atoms with van der Waals surface area (Å²) in [5, 5.41) is 3.89. The quantitative estimate of drug-likeness (QED) is 0.778. The van der Waals surface area contributed by atoms with E-state index in [1.54, 1.807) is 0 Å². The van der Waals surface area contributed by atoms with Gasteiger partial charge < -0.3 is 14.7 Å². The van der Waals surface area contributed by atoms with Crippen molar-refractivity contribution in [1.82, 2.24) is 5.16 Å². The topological polar surface area (TPSA) is 65.2 Å². The molecule has 0 spiro atoms. The zero-order valence-corrected chi connectivity index (χ0v) is 11.5. The highest BCUT2D eigenvalue weighted by atomic mass is 16.5. The lowest BCUT2D eigenvalue weighted by atomic mass is 10.00. The Balaban J connectivity index is 2.17. The first-order valence-electron chi connectivity index (χ1n) is 6.61. The number of anilines is 1. The van der Waals surface area contributed by atoms with Crippen LogP contribution in [-0.4, -0.2) is 5.16 Å². The normalized spacial score (nSPS) is 10.9. The van der Waals surface area contributed by atoms with E-state index in [1.807, 2.05) is 50.2 Å². The second-order valence-electron chi connectivity index (χ2n) is 4.71. The van der Waals surface area contributed by atoms with Crippen molar-refractivity contribution in [2.45, 2.75) is 20.3 Å². The van der Waals surface area contributed by atoms with Crippen LogP contribution in [0.25, 0.3) is 22.6 Å². The van der Waals surface area contributed by atoms with Gasteiger partial charge >= 0.3 is 0 Å². The van der Waals surface area contributed by atoms with Crippen LogP contribution in [0.5, 0.6) is 0 Å². The van der Waals surface area contributed by atoms with Gasteiger partial charge in [0.1, 0.15) is 5.76 Å². The zero-order chi connectivity index (χ0) is 14.1. The molecule has 0 unspecified atom stereocenters. The third kappa shape index (κ3) is 1.99. The fourth-order valence-corrected chi connectivity index (χ4v) is 2.27. The first kappa shape index (κ1) is 12.5. The van der Waals surface area contributed by atoms with Crippen molar-refractivity contribution in [2.24, 2.45) is 0 Å². The molecule has 0 aliphatic heterocycles. The molecule has 0 bridgehead atoms. The van der Waals surface area contributed by atoms with Gasteiger partial charge in [-0.15, -0.1) is 0 Å². The highest BCUT2D eigenvalue weighted by Crippen LogP contribution is 2.38. The Morgan fingerprint density at radius 3 is 2.65 bits per heavy atom. The first-order valence-corrected chi connectivity index (χ1v) is 6.61. The monoisotopic (exact) mass is 268 g/mol. The Kier molecular flexibility index (Phi) is 3.06. The van der Waals surface area contributed by atoms with Gasteiger partial charge in [0.25, 0.3) is 0 Å². The largest absolute Gasteiger partial charge is 0.458 e. The molecule has 0 radical (unpaired) electrons. The van der Waals surface area contributed by atoms with Gasteiger partial charge in [-0.1, -0.05) is 36.3 Å². The Morgan fingerprint density at radius 2 is 1.95 bits per heavy atom. The summed E-state index contributed by atoms with van der Waals surface area (Å²) in [6.07, 6.45) is 0.837. The molecule has 0 amide bonds. The summed E-state index contributed by atoms with van der Waals surface area (Å²) < 4.78 is 11.1. The molecule has 20 heavy (non-hydrogen) atoms. The van der Waals surface area contributed by atoms with Crippen LogP contribution in [0.4, 0.5) is 5.82 Å². The van der Waals surface area contributed by atoms with Gasteiger partial charge in [0.05, 0.1) is 5.56 Å². The molecule has 2 heterocycles. The smallest absolute Gasteiger partial charge is 0.212 e.